The summed E-state index contributed by atoms with van der Waals surface area (Å²) in [6.45, 7) is 6.45. The highest BCUT2D eigenvalue weighted by molar-refractivity contribution is 5.46. The van der Waals surface area contributed by atoms with Crippen LogP contribution in [0.3, 0.4) is 0 Å². The van der Waals surface area contributed by atoms with Gasteiger partial charge in [-0.3, -0.25) is 0 Å². The van der Waals surface area contributed by atoms with E-state index in [-0.39, 0.29) is 12.0 Å². The molecule has 0 aliphatic carbocycles. The molecule has 0 radical (unpaired) electrons. The number of hydrogen-bond acceptors (Lipinski definition) is 2. The monoisotopic (exact) mass is 213 g/mol. The summed E-state index contributed by atoms with van der Waals surface area (Å²) >= 11 is 0. The molecule has 1 rings (SSSR count). The zero-order valence-corrected chi connectivity index (χ0v) is 9.87. The van der Waals surface area contributed by atoms with Gasteiger partial charge in [0.1, 0.15) is 12.4 Å². The van der Waals surface area contributed by atoms with Crippen molar-refractivity contribution in [2.45, 2.75) is 26.2 Å². The minimum absolute atomic E-state index is 0.0459. The normalized spacial score (nSPS) is 10.3. The second-order valence-corrected chi connectivity index (χ2v) is 4.56. The molecular weight excluding hydrogens is 198 g/mol. The lowest BCUT2D eigenvalue weighted by Crippen LogP contribution is -2.13. The van der Waals surface area contributed by atoms with Crippen molar-refractivity contribution in [1.82, 2.24) is 0 Å². The maximum atomic E-state index is 9.09. The summed E-state index contributed by atoms with van der Waals surface area (Å²) < 4.78 is 5.28. The molecule has 0 heterocycles. The summed E-state index contributed by atoms with van der Waals surface area (Å²) in [5, 5.41) is 9.09. The first kappa shape index (κ1) is 12.1. The lowest BCUT2D eigenvalue weighted by molar-refractivity contribution is 0.370. The Labute approximate surface area is 96.9 Å². The van der Waals surface area contributed by atoms with Crippen LogP contribution in [0.5, 0.6) is 5.75 Å². The van der Waals surface area contributed by atoms with Crippen molar-refractivity contribution in [2.75, 3.05) is 6.61 Å². The Hall–Kier alpha value is -1.93. The van der Waals surface area contributed by atoms with Crippen LogP contribution >= 0.6 is 0 Å². The third-order valence-electron chi connectivity index (χ3n) is 2.24. The highest BCUT2D eigenvalue weighted by Crippen LogP contribution is 2.28. The van der Waals surface area contributed by atoms with Crippen molar-refractivity contribution >= 4 is 0 Å². The van der Waals surface area contributed by atoms with Gasteiger partial charge in [-0.05, 0) is 23.1 Å². The van der Waals surface area contributed by atoms with Crippen molar-refractivity contribution in [3.63, 3.8) is 0 Å². The Balaban J connectivity index is 3.10. The Morgan fingerprint density at radius 2 is 2.06 bits per heavy atom. The predicted molar refractivity (Wildman–Crippen MR) is 64.2 cm³/mol. The van der Waals surface area contributed by atoms with E-state index in [1.165, 1.54) is 0 Å². The number of terminal acetylenes is 1. The lowest BCUT2D eigenvalue weighted by Gasteiger charge is -2.20. The predicted octanol–water partition coefficient (Wildman–Crippen LogP) is 2.87. The molecule has 2 heteroatoms. The minimum atomic E-state index is -0.0459. The Bertz CT molecular complexity index is 455. The van der Waals surface area contributed by atoms with Crippen molar-refractivity contribution in [1.29, 1.82) is 5.26 Å². The third-order valence-corrected chi connectivity index (χ3v) is 2.24. The molecular formula is C14H15NO. The van der Waals surface area contributed by atoms with Crippen LogP contribution in [0, 0.1) is 23.7 Å². The maximum Gasteiger partial charge on any atom is 0.148 e. The summed E-state index contributed by atoms with van der Waals surface area (Å²) in [7, 11) is 0. The van der Waals surface area contributed by atoms with Crippen LogP contribution in [0.1, 0.15) is 31.9 Å². The molecule has 0 aromatic heterocycles. The molecule has 0 unspecified atom stereocenters. The zero-order chi connectivity index (χ0) is 12.2. The van der Waals surface area contributed by atoms with Crippen LogP contribution in [0.15, 0.2) is 18.2 Å². The van der Waals surface area contributed by atoms with Crippen LogP contribution in [-0.2, 0) is 5.41 Å². The van der Waals surface area contributed by atoms with Crippen LogP contribution in [-0.4, -0.2) is 6.61 Å². The summed E-state index contributed by atoms with van der Waals surface area (Å²) in [5.41, 5.74) is 1.61. The molecule has 0 saturated heterocycles. The minimum Gasteiger partial charge on any atom is -0.481 e. The van der Waals surface area contributed by atoms with E-state index in [2.05, 4.69) is 32.8 Å². The zero-order valence-electron chi connectivity index (χ0n) is 9.87. The van der Waals surface area contributed by atoms with Gasteiger partial charge in [-0.25, -0.2) is 0 Å². The van der Waals surface area contributed by atoms with E-state index in [9.17, 15) is 0 Å². The lowest BCUT2D eigenvalue weighted by atomic mass is 9.84. The number of ether oxygens (including phenoxy) is 1. The summed E-state index contributed by atoms with van der Waals surface area (Å²) in [6.07, 6.45) is 5.11. The van der Waals surface area contributed by atoms with Gasteiger partial charge < -0.3 is 4.74 Å². The Morgan fingerprint density at radius 1 is 1.38 bits per heavy atom. The van der Waals surface area contributed by atoms with Crippen molar-refractivity contribution in [3.05, 3.63) is 29.3 Å². The number of benzene rings is 1. The fraction of sp³-hybridized carbons (Fsp3) is 0.357. The molecule has 0 amide bonds. The second-order valence-electron chi connectivity index (χ2n) is 4.56. The average molecular weight is 213 g/mol. The molecule has 0 bridgehead atoms. The molecule has 16 heavy (non-hydrogen) atoms. The van der Waals surface area contributed by atoms with Gasteiger partial charge in [0.05, 0.1) is 11.6 Å². The summed E-state index contributed by atoms with van der Waals surface area (Å²) in [4.78, 5) is 0. The SMILES string of the molecule is C#CCOc1ccc(C(C)(C)C)c(C#N)c1. The average Bonchev–Trinajstić information content (AvgIpc) is 2.24. The van der Waals surface area contributed by atoms with E-state index in [0.29, 0.717) is 11.3 Å². The molecule has 0 aliphatic rings. The molecule has 0 aliphatic heterocycles. The largest absolute Gasteiger partial charge is 0.481 e. The van der Waals surface area contributed by atoms with Crippen LogP contribution in [0.4, 0.5) is 0 Å². The van der Waals surface area contributed by atoms with Gasteiger partial charge in [0.25, 0.3) is 0 Å². The standard InChI is InChI=1S/C14H15NO/c1-5-8-16-12-6-7-13(14(2,3)4)11(9-12)10-15/h1,6-7,9H,8H2,2-4H3. The number of rotatable bonds is 2. The van der Waals surface area contributed by atoms with Crippen molar-refractivity contribution in [3.8, 4) is 24.2 Å². The highest BCUT2D eigenvalue weighted by atomic mass is 16.5. The molecule has 0 N–H and O–H groups in total. The van der Waals surface area contributed by atoms with Gasteiger partial charge >= 0.3 is 0 Å². The highest BCUT2D eigenvalue weighted by Gasteiger charge is 2.18. The first-order valence-electron chi connectivity index (χ1n) is 5.10. The fourth-order valence-electron chi connectivity index (χ4n) is 1.48. The van der Waals surface area contributed by atoms with Crippen molar-refractivity contribution < 1.29 is 4.74 Å². The van der Waals surface area contributed by atoms with Gasteiger partial charge in [0, 0.05) is 0 Å². The maximum absolute atomic E-state index is 9.09. The number of nitriles is 1. The van der Waals surface area contributed by atoms with E-state index in [4.69, 9.17) is 16.4 Å². The van der Waals surface area contributed by atoms with Crippen LogP contribution in [0.2, 0.25) is 0 Å². The molecule has 0 spiro atoms. The van der Waals surface area contributed by atoms with Gasteiger partial charge in [-0.1, -0.05) is 32.8 Å². The molecule has 1 aromatic rings. The topological polar surface area (TPSA) is 33.0 Å². The number of hydrogen-bond donors (Lipinski definition) is 0. The van der Waals surface area contributed by atoms with Crippen LogP contribution < -0.4 is 4.74 Å². The molecule has 2 nitrogen and oxygen atoms in total. The molecule has 0 atom stereocenters. The first-order chi connectivity index (χ1) is 7.49. The van der Waals surface area contributed by atoms with Crippen LogP contribution in [0.25, 0.3) is 0 Å². The summed E-state index contributed by atoms with van der Waals surface area (Å²) in [6, 6.07) is 7.69. The van der Waals surface area contributed by atoms with E-state index < -0.39 is 0 Å². The van der Waals surface area contributed by atoms with E-state index >= 15 is 0 Å². The van der Waals surface area contributed by atoms with E-state index in [0.717, 1.165) is 5.56 Å². The van der Waals surface area contributed by atoms with Gasteiger partial charge in [-0.2, -0.15) is 5.26 Å². The molecule has 82 valence electrons. The van der Waals surface area contributed by atoms with Gasteiger partial charge in [0.2, 0.25) is 0 Å². The van der Waals surface area contributed by atoms with Gasteiger partial charge in [0.15, 0.2) is 0 Å². The number of nitrogens with zero attached hydrogens (tertiary/aromatic N) is 1. The van der Waals surface area contributed by atoms with Crippen molar-refractivity contribution in [2.24, 2.45) is 0 Å². The first-order valence-corrected chi connectivity index (χ1v) is 5.10. The smallest absolute Gasteiger partial charge is 0.148 e. The Kier molecular flexibility index (Phi) is 3.59. The second kappa shape index (κ2) is 4.73. The fourth-order valence-corrected chi connectivity index (χ4v) is 1.48. The quantitative estimate of drug-likeness (QED) is 0.708. The molecule has 0 fully saturated rings. The van der Waals surface area contributed by atoms with E-state index in [1.807, 2.05) is 12.1 Å². The van der Waals surface area contributed by atoms with E-state index in [1.54, 1.807) is 6.07 Å². The summed E-state index contributed by atoms with van der Waals surface area (Å²) in [5.74, 6) is 3.03. The van der Waals surface area contributed by atoms with Gasteiger partial charge in [-0.15, -0.1) is 6.42 Å². The molecule has 0 saturated carbocycles. The third kappa shape index (κ3) is 2.78. The molecule has 1 aromatic carbocycles. The Morgan fingerprint density at radius 3 is 2.56 bits per heavy atom.